The van der Waals surface area contributed by atoms with Crippen LogP contribution in [-0.2, 0) is 6.42 Å². The van der Waals surface area contributed by atoms with Crippen LogP contribution in [-0.4, -0.2) is 17.2 Å². The SMILES string of the molecule is COc1cc(Cl)ccc1C(O)Cc1ccccn1. The minimum absolute atomic E-state index is 0.443. The minimum atomic E-state index is -0.660. The van der Waals surface area contributed by atoms with Crippen LogP contribution in [0.2, 0.25) is 5.02 Å². The zero-order chi connectivity index (χ0) is 13.0. The molecule has 3 nitrogen and oxygen atoms in total. The number of halogens is 1. The molecule has 0 radical (unpaired) electrons. The van der Waals surface area contributed by atoms with Crippen molar-refractivity contribution in [2.24, 2.45) is 0 Å². The number of aliphatic hydroxyl groups excluding tert-OH is 1. The third-order valence-corrected chi connectivity index (χ3v) is 2.92. The van der Waals surface area contributed by atoms with E-state index in [1.807, 2.05) is 18.2 Å². The second kappa shape index (κ2) is 5.85. The van der Waals surface area contributed by atoms with Crippen LogP contribution in [0.5, 0.6) is 5.75 Å². The van der Waals surface area contributed by atoms with Gasteiger partial charge in [0.25, 0.3) is 0 Å². The highest BCUT2D eigenvalue weighted by atomic mass is 35.5. The molecule has 1 atom stereocenters. The summed E-state index contributed by atoms with van der Waals surface area (Å²) < 4.78 is 5.22. The van der Waals surface area contributed by atoms with Crippen LogP contribution in [0.1, 0.15) is 17.4 Å². The lowest BCUT2D eigenvalue weighted by molar-refractivity contribution is 0.173. The number of rotatable bonds is 4. The highest BCUT2D eigenvalue weighted by Crippen LogP contribution is 2.29. The Balaban J connectivity index is 2.21. The Morgan fingerprint density at radius 3 is 2.83 bits per heavy atom. The molecule has 0 amide bonds. The number of benzene rings is 1. The standard InChI is InChI=1S/C14H14ClNO2/c1-18-14-8-10(15)5-6-12(14)13(17)9-11-4-2-3-7-16-11/h2-8,13,17H,9H2,1H3. The van der Waals surface area contributed by atoms with Gasteiger partial charge < -0.3 is 9.84 Å². The summed E-state index contributed by atoms with van der Waals surface area (Å²) in [5, 5.41) is 10.8. The Hall–Kier alpha value is -1.58. The predicted molar refractivity (Wildman–Crippen MR) is 70.9 cm³/mol. The van der Waals surface area contributed by atoms with E-state index in [2.05, 4.69) is 4.98 Å². The molecule has 0 aliphatic heterocycles. The van der Waals surface area contributed by atoms with Crippen LogP contribution < -0.4 is 4.74 Å². The fourth-order valence-corrected chi connectivity index (χ4v) is 1.95. The van der Waals surface area contributed by atoms with E-state index in [9.17, 15) is 5.11 Å². The van der Waals surface area contributed by atoms with E-state index in [0.29, 0.717) is 22.8 Å². The topological polar surface area (TPSA) is 42.4 Å². The minimum Gasteiger partial charge on any atom is -0.496 e. The molecule has 94 valence electrons. The Morgan fingerprint density at radius 1 is 1.33 bits per heavy atom. The van der Waals surface area contributed by atoms with Crippen molar-refractivity contribution in [2.45, 2.75) is 12.5 Å². The molecule has 0 aliphatic rings. The monoisotopic (exact) mass is 263 g/mol. The molecule has 2 rings (SSSR count). The Labute approximate surface area is 111 Å². The maximum atomic E-state index is 10.2. The number of pyridine rings is 1. The summed E-state index contributed by atoms with van der Waals surface area (Å²) in [4.78, 5) is 4.19. The summed E-state index contributed by atoms with van der Waals surface area (Å²) in [6, 6.07) is 10.8. The molecule has 1 aromatic carbocycles. The lowest BCUT2D eigenvalue weighted by Gasteiger charge is -2.14. The molecule has 0 saturated carbocycles. The zero-order valence-corrected chi connectivity index (χ0v) is 10.8. The first kappa shape index (κ1) is 12.9. The van der Waals surface area contributed by atoms with Gasteiger partial charge in [0.15, 0.2) is 0 Å². The predicted octanol–water partition coefficient (Wildman–Crippen LogP) is 3.02. The van der Waals surface area contributed by atoms with Crippen LogP contribution in [0.3, 0.4) is 0 Å². The van der Waals surface area contributed by atoms with E-state index in [-0.39, 0.29) is 0 Å². The molecule has 0 fully saturated rings. The van der Waals surface area contributed by atoms with Crippen molar-refractivity contribution in [1.82, 2.24) is 4.98 Å². The van der Waals surface area contributed by atoms with Gasteiger partial charge in [-0.25, -0.2) is 0 Å². The summed E-state index contributed by atoms with van der Waals surface area (Å²) in [5.41, 5.74) is 1.55. The third kappa shape index (κ3) is 3.00. The lowest BCUT2D eigenvalue weighted by Crippen LogP contribution is -2.05. The van der Waals surface area contributed by atoms with Gasteiger partial charge in [-0.05, 0) is 24.3 Å². The van der Waals surface area contributed by atoms with Crippen LogP contribution in [0.15, 0.2) is 42.6 Å². The van der Waals surface area contributed by atoms with Gasteiger partial charge in [-0.1, -0.05) is 23.7 Å². The summed E-state index contributed by atoms with van der Waals surface area (Å²) in [6.07, 6.45) is 1.49. The number of aliphatic hydroxyl groups is 1. The molecular formula is C14H14ClNO2. The van der Waals surface area contributed by atoms with Crippen molar-refractivity contribution < 1.29 is 9.84 Å². The molecular weight excluding hydrogens is 250 g/mol. The summed E-state index contributed by atoms with van der Waals surface area (Å²) in [6.45, 7) is 0. The molecule has 1 N–H and O–H groups in total. The fraction of sp³-hybridized carbons (Fsp3) is 0.214. The van der Waals surface area contributed by atoms with Gasteiger partial charge in [-0.3, -0.25) is 4.98 Å². The number of hydrogen-bond donors (Lipinski definition) is 1. The first-order valence-electron chi connectivity index (χ1n) is 5.62. The van der Waals surface area contributed by atoms with Crippen molar-refractivity contribution in [2.75, 3.05) is 7.11 Å². The number of nitrogens with zero attached hydrogens (tertiary/aromatic N) is 1. The molecule has 1 aromatic heterocycles. The van der Waals surface area contributed by atoms with Crippen molar-refractivity contribution in [3.8, 4) is 5.75 Å². The summed E-state index contributed by atoms with van der Waals surface area (Å²) >= 11 is 5.89. The molecule has 0 saturated heterocycles. The van der Waals surface area contributed by atoms with E-state index in [4.69, 9.17) is 16.3 Å². The third-order valence-electron chi connectivity index (χ3n) is 2.68. The Morgan fingerprint density at radius 2 is 2.17 bits per heavy atom. The molecule has 18 heavy (non-hydrogen) atoms. The smallest absolute Gasteiger partial charge is 0.126 e. The number of hydrogen-bond acceptors (Lipinski definition) is 3. The normalized spacial score (nSPS) is 12.2. The fourth-order valence-electron chi connectivity index (χ4n) is 1.79. The van der Waals surface area contributed by atoms with E-state index in [0.717, 1.165) is 5.69 Å². The Kier molecular flexibility index (Phi) is 4.18. The van der Waals surface area contributed by atoms with Crippen molar-refractivity contribution >= 4 is 11.6 Å². The van der Waals surface area contributed by atoms with E-state index < -0.39 is 6.10 Å². The quantitative estimate of drug-likeness (QED) is 0.922. The largest absolute Gasteiger partial charge is 0.496 e. The zero-order valence-electron chi connectivity index (χ0n) is 10.0. The molecule has 2 aromatic rings. The summed E-state index contributed by atoms with van der Waals surface area (Å²) in [7, 11) is 1.56. The highest BCUT2D eigenvalue weighted by Gasteiger charge is 2.14. The maximum Gasteiger partial charge on any atom is 0.126 e. The first-order valence-corrected chi connectivity index (χ1v) is 6.00. The van der Waals surface area contributed by atoms with Gasteiger partial charge in [-0.15, -0.1) is 0 Å². The van der Waals surface area contributed by atoms with Crippen LogP contribution in [0.25, 0.3) is 0 Å². The van der Waals surface area contributed by atoms with Crippen molar-refractivity contribution in [1.29, 1.82) is 0 Å². The van der Waals surface area contributed by atoms with E-state index in [1.165, 1.54) is 0 Å². The number of methoxy groups -OCH3 is 1. The number of ether oxygens (including phenoxy) is 1. The maximum absolute atomic E-state index is 10.2. The second-order valence-electron chi connectivity index (χ2n) is 3.93. The van der Waals surface area contributed by atoms with Gasteiger partial charge in [0, 0.05) is 28.9 Å². The average Bonchev–Trinajstić information content (AvgIpc) is 2.39. The number of aromatic nitrogens is 1. The van der Waals surface area contributed by atoms with Crippen LogP contribution in [0, 0.1) is 0 Å². The van der Waals surface area contributed by atoms with E-state index in [1.54, 1.807) is 31.5 Å². The van der Waals surface area contributed by atoms with Gasteiger partial charge in [0.1, 0.15) is 5.75 Å². The summed E-state index contributed by atoms with van der Waals surface area (Å²) in [5.74, 6) is 0.589. The molecule has 0 spiro atoms. The lowest BCUT2D eigenvalue weighted by atomic mass is 10.0. The molecule has 0 aliphatic carbocycles. The van der Waals surface area contributed by atoms with Crippen molar-refractivity contribution in [3.05, 3.63) is 58.9 Å². The van der Waals surface area contributed by atoms with Gasteiger partial charge in [0.2, 0.25) is 0 Å². The first-order chi connectivity index (χ1) is 8.70. The van der Waals surface area contributed by atoms with Gasteiger partial charge in [-0.2, -0.15) is 0 Å². The van der Waals surface area contributed by atoms with Crippen LogP contribution >= 0.6 is 11.6 Å². The molecule has 0 bridgehead atoms. The van der Waals surface area contributed by atoms with Crippen molar-refractivity contribution in [3.63, 3.8) is 0 Å². The van der Waals surface area contributed by atoms with Crippen LogP contribution in [0.4, 0.5) is 0 Å². The average molecular weight is 264 g/mol. The van der Waals surface area contributed by atoms with E-state index >= 15 is 0 Å². The Bertz CT molecular complexity index is 516. The molecule has 4 heteroatoms. The molecule has 1 heterocycles. The highest BCUT2D eigenvalue weighted by molar-refractivity contribution is 6.30. The van der Waals surface area contributed by atoms with Gasteiger partial charge in [0.05, 0.1) is 13.2 Å². The second-order valence-corrected chi connectivity index (χ2v) is 4.36. The van der Waals surface area contributed by atoms with Gasteiger partial charge >= 0.3 is 0 Å². The molecule has 1 unspecified atom stereocenters.